The molecule has 1 N–H and O–H groups in total. The molecule has 2 amide bonds. The number of hydrogen-bond donors (Lipinski definition) is 1. The van der Waals surface area contributed by atoms with E-state index in [9.17, 15) is 9.59 Å². The van der Waals surface area contributed by atoms with E-state index in [4.69, 9.17) is 11.6 Å². The highest BCUT2D eigenvalue weighted by Gasteiger charge is 2.32. The smallest absolute Gasteiger partial charge is 0.243 e. The van der Waals surface area contributed by atoms with Gasteiger partial charge in [0.2, 0.25) is 11.8 Å². The Bertz CT molecular complexity index is 1100. The minimum atomic E-state index is -0.634. The Kier molecular flexibility index (Phi) is 9.82. The highest BCUT2D eigenvalue weighted by molar-refractivity contribution is 7.99. The number of halogens is 1. The normalized spacial score (nSPS) is 12.1. The molecule has 0 aliphatic heterocycles. The van der Waals surface area contributed by atoms with E-state index in [1.54, 1.807) is 4.90 Å². The SMILES string of the molecule is CC(C)(C)NC(=O)C(Cc1ccccc1)N(Cc1ccccc1)C(=O)CSCc1ccccc1Cl. The van der Waals surface area contributed by atoms with Gasteiger partial charge in [-0.25, -0.2) is 0 Å². The molecule has 4 nitrogen and oxygen atoms in total. The van der Waals surface area contributed by atoms with Gasteiger partial charge in [0.25, 0.3) is 0 Å². The molecule has 0 fully saturated rings. The zero-order valence-electron chi connectivity index (χ0n) is 20.5. The molecule has 3 aromatic rings. The fraction of sp³-hybridized carbons (Fsp3) is 0.310. The minimum absolute atomic E-state index is 0.0732. The molecular weight excluding hydrogens is 476 g/mol. The number of amides is 2. The van der Waals surface area contributed by atoms with Crippen LogP contribution in [-0.4, -0.2) is 34.0 Å². The number of carbonyl (C=O) groups is 2. The maximum atomic E-state index is 13.6. The average Bonchev–Trinajstić information content (AvgIpc) is 2.82. The van der Waals surface area contributed by atoms with Gasteiger partial charge in [-0.3, -0.25) is 9.59 Å². The molecule has 0 spiro atoms. The predicted molar refractivity (Wildman–Crippen MR) is 146 cm³/mol. The van der Waals surface area contributed by atoms with Crippen LogP contribution in [0.1, 0.15) is 37.5 Å². The van der Waals surface area contributed by atoms with Crippen LogP contribution in [0.3, 0.4) is 0 Å². The Morgan fingerprint density at radius 3 is 2.06 bits per heavy atom. The first-order valence-corrected chi connectivity index (χ1v) is 13.3. The van der Waals surface area contributed by atoms with Crippen molar-refractivity contribution in [1.82, 2.24) is 10.2 Å². The summed E-state index contributed by atoms with van der Waals surface area (Å²) < 4.78 is 0. The molecule has 0 aliphatic rings. The third kappa shape index (κ3) is 8.75. The number of carbonyl (C=O) groups excluding carboxylic acids is 2. The lowest BCUT2D eigenvalue weighted by Gasteiger charge is -2.34. The summed E-state index contributed by atoms with van der Waals surface area (Å²) in [6, 6.07) is 26.7. The molecule has 0 aliphatic carbocycles. The molecule has 0 saturated heterocycles. The van der Waals surface area contributed by atoms with Crippen LogP contribution in [-0.2, 0) is 28.3 Å². The largest absolute Gasteiger partial charge is 0.350 e. The van der Waals surface area contributed by atoms with E-state index in [2.05, 4.69) is 5.32 Å². The molecule has 0 heterocycles. The third-order valence-corrected chi connectivity index (χ3v) is 6.74. The topological polar surface area (TPSA) is 49.4 Å². The van der Waals surface area contributed by atoms with Crippen molar-refractivity contribution in [2.75, 3.05) is 5.75 Å². The van der Waals surface area contributed by atoms with Crippen molar-refractivity contribution in [3.8, 4) is 0 Å². The maximum Gasteiger partial charge on any atom is 0.243 e. The minimum Gasteiger partial charge on any atom is -0.350 e. The van der Waals surface area contributed by atoms with Crippen molar-refractivity contribution >= 4 is 35.2 Å². The van der Waals surface area contributed by atoms with E-state index in [1.807, 2.05) is 106 Å². The van der Waals surface area contributed by atoms with Gasteiger partial charge in [-0.05, 0) is 43.5 Å². The Balaban J connectivity index is 1.85. The van der Waals surface area contributed by atoms with Crippen LogP contribution in [0.4, 0.5) is 0 Å². The average molecular weight is 509 g/mol. The lowest BCUT2D eigenvalue weighted by Crippen LogP contribution is -2.54. The zero-order valence-corrected chi connectivity index (χ0v) is 22.1. The second-order valence-electron chi connectivity index (χ2n) is 9.54. The summed E-state index contributed by atoms with van der Waals surface area (Å²) in [6.07, 6.45) is 0.441. The van der Waals surface area contributed by atoms with Gasteiger partial charge >= 0.3 is 0 Å². The van der Waals surface area contributed by atoms with Crippen LogP contribution in [0.25, 0.3) is 0 Å². The second-order valence-corrected chi connectivity index (χ2v) is 10.9. The van der Waals surface area contributed by atoms with Crippen molar-refractivity contribution in [3.63, 3.8) is 0 Å². The molecule has 0 radical (unpaired) electrons. The summed E-state index contributed by atoms with van der Waals surface area (Å²) in [4.78, 5) is 28.9. The molecular formula is C29H33ClN2O2S. The lowest BCUT2D eigenvalue weighted by molar-refractivity contribution is -0.140. The van der Waals surface area contributed by atoms with E-state index in [1.165, 1.54) is 11.8 Å². The summed E-state index contributed by atoms with van der Waals surface area (Å²) in [5.74, 6) is 0.659. The fourth-order valence-corrected chi connectivity index (χ4v) is 4.93. The molecule has 0 saturated carbocycles. The molecule has 3 aromatic carbocycles. The third-order valence-electron chi connectivity index (χ3n) is 5.41. The zero-order chi connectivity index (χ0) is 25.3. The molecule has 1 atom stereocenters. The van der Waals surface area contributed by atoms with Gasteiger partial charge in [-0.1, -0.05) is 90.5 Å². The Morgan fingerprint density at radius 2 is 1.46 bits per heavy atom. The van der Waals surface area contributed by atoms with Crippen molar-refractivity contribution < 1.29 is 9.59 Å². The fourth-order valence-electron chi connectivity index (χ4n) is 3.73. The van der Waals surface area contributed by atoms with Gasteiger partial charge in [-0.15, -0.1) is 11.8 Å². The monoisotopic (exact) mass is 508 g/mol. The molecule has 0 bridgehead atoms. The van der Waals surface area contributed by atoms with Crippen molar-refractivity contribution in [1.29, 1.82) is 0 Å². The first-order chi connectivity index (χ1) is 16.7. The van der Waals surface area contributed by atoms with Crippen molar-refractivity contribution in [2.24, 2.45) is 0 Å². The van der Waals surface area contributed by atoms with Crippen LogP contribution in [0.5, 0.6) is 0 Å². The van der Waals surface area contributed by atoms with Gasteiger partial charge in [0, 0.05) is 29.3 Å². The molecule has 35 heavy (non-hydrogen) atoms. The van der Waals surface area contributed by atoms with E-state index in [0.29, 0.717) is 23.7 Å². The van der Waals surface area contributed by atoms with E-state index < -0.39 is 11.6 Å². The van der Waals surface area contributed by atoms with Crippen LogP contribution in [0, 0.1) is 0 Å². The van der Waals surface area contributed by atoms with E-state index in [0.717, 1.165) is 16.7 Å². The van der Waals surface area contributed by atoms with Gasteiger partial charge < -0.3 is 10.2 Å². The highest BCUT2D eigenvalue weighted by Crippen LogP contribution is 2.22. The quantitative estimate of drug-likeness (QED) is 0.358. The Hall–Kier alpha value is -2.76. The summed E-state index contributed by atoms with van der Waals surface area (Å²) in [7, 11) is 0. The van der Waals surface area contributed by atoms with Gasteiger partial charge in [0.1, 0.15) is 6.04 Å². The van der Waals surface area contributed by atoms with Crippen molar-refractivity contribution in [2.45, 2.75) is 51.1 Å². The second kappa shape index (κ2) is 12.8. The van der Waals surface area contributed by atoms with E-state index in [-0.39, 0.29) is 17.6 Å². The number of nitrogens with zero attached hydrogens (tertiary/aromatic N) is 1. The van der Waals surface area contributed by atoms with Crippen LogP contribution in [0.15, 0.2) is 84.9 Å². The molecule has 6 heteroatoms. The van der Waals surface area contributed by atoms with Crippen molar-refractivity contribution in [3.05, 3.63) is 107 Å². The van der Waals surface area contributed by atoms with Crippen LogP contribution in [0.2, 0.25) is 5.02 Å². The number of benzene rings is 3. The van der Waals surface area contributed by atoms with Crippen LogP contribution < -0.4 is 5.32 Å². The summed E-state index contributed by atoms with van der Waals surface area (Å²) in [5.41, 5.74) is 2.58. The molecule has 0 aromatic heterocycles. The maximum absolute atomic E-state index is 13.6. The predicted octanol–water partition coefficient (Wildman–Crippen LogP) is 6.13. The van der Waals surface area contributed by atoms with Gasteiger partial charge in [-0.2, -0.15) is 0 Å². The Morgan fingerprint density at radius 1 is 0.886 bits per heavy atom. The standard InChI is InChI=1S/C29H33ClN2O2S/c1-29(2,3)31-28(34)26(18-22-12-6-4-7-13-22)32(19-23-14-8-5-9-15-23)27(33)21-35-20-24-16-10-11-17-25(24)30/h4-17,26H,18-21H2,1-3H3,(H,31,34). The molecule has 3 rings (SSSR count). The molecule has 1 unspecified atom stereocenters. The van der Waals surface area contributed by atoms with Gasteiger partial charge in [0.05, 0.1) is 5.75 Å². The first kappa shape index (κ1) is 26.8. The number of hydrogen-bond acceptors (Lipinski definition) is 3. The number of thioether (sulfide) groups is 1. The number of nitrogens with one attached hydrogen (secondary N) is 1. The van der Waals surface area contributed by atoms with Gasteiger partial charge in [0.15, 0.2) is 0 Å². The summed E-state index contributed by atoms with van der Waals surface area (Å²) in [5, 5.41) is 3.79. The van der Waals surface area contributed by atoms with Crippen LogP contribution >= 0.6 is 23.4 Å². The lowest BCUT2D eigenvalue weighted by atomic mass is 10.0. The number of rotatable bonds is 10. The summed E-state index contributed by atoms with van der Waals surface area (Å²) >= 11 is 7.80. The molecule has 184 valence electrons. The first-order valence-electron chi connectivity index (χ1n) is 11.7. The van der Waals surface area contributed by atoms with E-state index >= 15 is 0 Å². The highest BCUT2D eigenvalue weighted by atomic mass is 35.5. The summed E-state index contributed by atoms with van der Waals surface area (Å²) in [6.45, 7) is 6.22. The Labute approximate surface area is 218 Å².